The maximum absolute atomic E-state index is 11.8. The van der Waals surface area contributed by atoms with Gasteiger partial charge in [-0.3, -0.25) is 0 Å². The number of halogens is 2. The summed E-state index contributed by atoms with van der Waals surface area (Å²) >= 11 is 0. The molecular weight excluding hydrogens is 184 g/mol. The van der Waals surface area contributed by atoms with E-state index in [-0.39, 0.29) is 0 Å². The summed E-state index contributed by atoms with van der Waals surface area (Å²) in [4.78, 5) is 10.2. The van der Waals surface area contributed by atoms with Crippen molar-refractivity contribution in [3.63, 3.8) is 0 Å². The number of nitrogens with one attached hydrogen (secondary N) is 1. The monoisotopic (exact) mass is 195 g/mol. The van der Waals surface area contributed by atoms with Gasteiger partial charge >= 0.3 is 12.7 Å². The van der Waals surface area contributed by atoms with Crippen molar-refractivity contribution in [2.24, 2.45) is 0 Å². The quantitative estimate of drug-likeness (QED) is 0.715. The summed E-state index contributed by atoms with van der Waals surface area (Å²) in [6.45, 7) is -2.83. The Labute approximate surface area is 73.9 Å². The molecule has 1 aliphatic carbocycles. The third-order valence-electron chi connectivity index (χ3n) is 2.04. The molecule has 0 radical (unpaired) electrons. The van der Waals surface area contributed by atoms with Crippen LogP contribution in [-0.4, -0.2) is 30.0 Å². The topological polar surface area (TPSA) is 58.6 Å². The van der Waals surface area contributed by atoms with Gasteiger partial charge in [0, 0.05) is 0 Å². The average molecular weight is 195 g/mol. The van der Waals surface area contributed by atoms with Crippen LogP contribution in [0.4, 0.5) is 13.6 Å². The largest absolute Gasteiger partial charge is 0.465 e. The summed E-state index contributed by atoms with van der Waals surface area (Å²) in [5, 5.41) is 10.5. The summed E-state index contributed by atoms with van der Waals surface area (Å²) < 4.78 is 27.9. The number of hydrogen-bond acceptors (Lipinski definition) is 2. The van der Waals surface area contributed by atoms with Crippen molar-refractivity contribution in [3.05, 3.63) is 0 Å². The second-order valence-corrected chi connectivity index (χ2v) is 2.92. The van der Waals surface area contributed by atoms with Crippen LogP contribution in [0, 0.1) is 0 Å². The lowest BCUT2D eigenvalue weighted by Gasteiger charge is -2.19. The second-order valence-electron chi connectivity index (χ2n) is 2.92. The highest BCUT2D eigenvalue weighted by Gasteiger charge is 2.31. The number of carbonyl (C=O) groups is 1. The minimum atomic E-state index is -2.83. The molecule has 0 aromatic carbocycles. The van der Waals surface area contributed by atoms with E-state index in [2.05, 4.69) is 10.1 Å². The second kappa shape index (κ2) is 4.36. The number of hydrogen-bond donors (Lipinski definition) is 2. The number of carboxylic acid groups (broad SMARTS) is 1. The third-order valence-corrected chi connectivity index (χ3v) is 2.04. The van der Waals surface area contributed by atoms with Crippen molar-refractivity contribution in [3.8, 4) is 0 Å². The van der Waals surface area contributed by atoms with E-state index in [4.69, 9.17) is 5.11 Å². The molecule has 1 aliphatic rings. The van der Waals surface area contributed by atoms with Gasteiger partial charge in [-0.2, -0.15) is 8.78 Å². The maximum Gasteiger partial charge on any atom is 0.404 e. The van der Waals surface area contributed by atoms with Crippen LogP contribution in [0.3, 0.4) is 0 Å². The van der Waals surface area contributed by atoms with Gasteiger partial charge in [-0.1, -0.05) is 0 Å². The molecule has 0 unspecified atom stereocenters. The van der Waals surface area contributed by atoms with Gasteiger partial charge in [0.05, 0.1) is 12.1 Å². The fourth-order valence-electron chi connectivity index (χ4n) is 1.54. The first-order chi connectivity index (χ1) is 6.09. The van der Waals surface area contributed by atoms with Crippen LogP contribution in [0.2, 0.25) is 0 Å². The number of amides is 1. The van der Waals surface area contributed by atoms with Crippen LogP contribution in [0.25, 0.3) is 0 Å². The first-order valence-corrected chi connectivity index (χ1v) is 4.02. The molecule has 0 saturated heterocycles. The Kier molecular flexibility index (Phi) is 3.41. The van der Waals surface area contributed by atoms with E-state index in [1.807, 2.05) is 0 Å². The molecule has 0 aromatic rings. The smallest absolute Gasteiger partial charge is 0.404 e. The fourth-order valence-corrected chi connectivity index (χ4v) is 1.54. The number of ether oxygens (including phenoxy) is 1. The predicted octanol–water partition coefficient (Wildman–Crippen LogP) is 1.41. The van der Waals surface area contributed by atoms with Crippen LogP contribution >= 0.6 is 0 Å². The normalized spacial score (nSPS) is 27.9. The molecule has 0 bridgehead atoms. The highest BCUT2D eigenvalue weighted by molar-refractivity contribution is 5.65. The Bertz CT molecular complexity index is 189. The molecule has 4 nitrogen and oxygen atoms in total. The van der Waals surface area contributed by atoms with E-state index >= 15 is 0 Å². The molecule has 6 heteroatoms. The number of alkyl halides is 2. The van der Waals surface area contributed by atoms with Gasteiger partial charge in [-0.05, 0) is 19.3 Å². The molecule has 1 fully saturated rings. The van der Waals surface area contributed by atoms with Gasteiger partial charge in [0.25, 0.3) is 0 Å². The first-order valence-electron chi connectivity index (χ1n) is 4.02. The van der Waals surface area contributed by atoms with Gasteiger partial charge in [0.15, 0.2) is 0 Å². The summed E-state index contributed by atoms with van der Waals surface area (Å²) in [5.41, 5.74) is 0. The molecule has 0 aromatic heterocycles. The highest BCUT2D eigenvalue weighted by Crippen LogP contribution is 2.23. The summed E-state index contributed by atoms with van der Waals surface area (Å²) in [5.74, 6) is 0. The molecule has 1 amide bonds. The van der Waals surface area contributed by atoms with E-state index in [1.165, 1.54) is 0 Å². The SMILES string of the molecule is O=C(O)N[C@@H]1CCC[C@H]1OC(F)F. The third kappa shape index (κ3) is 3.14. The van der Waals surface area contributed by atoms with Crippen molar-refractivity contribution >= 4 is 6.09 Å². The first kappa shape index (κ1) is 10.2. The average Bonchev–Trinajstić information content (AvgIpc) is 2.34. The van der Waals surface area contributed by atoms with Crippen LogP contribution in [0.5, 0.6) is 0 Å². The molecular formula is C7H11F2NO3. The molecule has 0 aliphatic heterocycles. The molecule has 2 N–H and O–H groups in total. The molecule has 76 valence electrons. The van der Waals surface area contributed by atoms with Gasteiger partial charge in [0.2, 0.25) is 0 Å². The van der Waals surface area contributed by atoms with Gasteiger partial charge in [-0.25, -0.2) is 4.79 Å². The molecule has 0 heterocycles. The van der Waals surface area contributed by atoms with Crippen molar-refractivity contribution in [1.82, 2.24) is 5.32 Å². The van der Waals surface area contributed by atoms with Gasteiger partial charge < -0.3 is 15.2 Å². The van der Waals surface area contributed by atoms with Crippen LogP contribution in [-0.2, 0) is 4.74 Å². The van der Waals surface area contributed by atoms with E-state index in [0.29, 0.717) is 19.3 Å². The van der Waals surface area contributed by atoms with Crippen LogP contribution < -0.4 is 5.32 Å². The highest BCUT2D eigenvalue weighted by atomic mass is 19.3. The zero-order valence-electron chi connectivity index (χ0n) is 6.87. The van der Waals surface area contributed by atoms with Crippen molar-refractivity contribution < 1.29 is 23.4 Å². The summed E-state index contributed by atoms with van der Waals surface area (Å²) in [6.07, 6.45) is -0.132. The van der Waals surface area contributed by atoms with E-state index in [9.17, 15) is 13.6 Å². The lowest BCUT2D eigenvalue weighted by atomic mass is 10.2. The van der Waals surface area contributed by atoms with Crippen molar-refractivity contribution in [2.45, 2.75) is 38.0 Å². The molecule has 13 heavy (non-hydrogen) atoms. The Morgan fingerprint density at radius 1 is 1.54 bits per heavy atom. The zero-order valence-corrected chi connectivity index (χ0v) is 6.87. The predicted molar refractivity (Wildman–Crippen MR) is 39.7 cm³/mol. The van der Waals surface area contributed by atoms with Crippen LogP contribution in [0.15, 0.2) is 0 Å². The lowest BCUT2D eigenvalue weighted by molar-refractivity contribution is -0.165. The molecule has 1 rings (SSSR count). The van der Waals surface area contributed by atoms with E-state index in [1.54, 1.807) is 0 Å². The fraction of sp³-hybridized carbons (Fsp3) is 0.857. The zero-order chi connectivity index (χ0) is 9.84. The van der Waals surface area contributed by atoms with Gasteiger partial charge in [-0.15, -0.1) is 0 Å². The molecule has 2 atom stereocenters. The minimum absolute atomic E-state index is 0.481. The van der Waals surface area contributed by atoms with E-state index < -0.39 is 24.9 Å². The standard InChI is InChI=1S/C7H11F2NO3/c8-6(9)13-5-3-1-2-4(5)10-7(11)12/h4-6,10H,1-3H2,(H,11,12)/t4-,5-/m1/s1. The maximum atomic E-state index is 11.8. The lowest BCUT2D eigenvalue weighted by Crippen LogP contribution is -2.40. The molecule has 1 saturated carbocycles. The Morgan fingerprint density at radius 3 is 2.77 bits per heavy atom. The summed E-state index contributed by atoms with van der Waals surface area (Å²) in [7, 11) is 0. The van der Waals surface area contributed by atoms with Crippen molar-refractivity contribution in [1.29, 1.82) is 0 Å². The summed E-state index contributed by atoms with van der Waals surface area (Å²) in [6, 6.07) is -0.494. The van der Waals surface area contributed by atoms with E-state index in [0.717, 1.165) is 0 Å². The Morgan fingerprint density at radius 2 is 2.23 bits per heavy atom. The van der Waals surface area contributed by atoms with Gasteiger partial charge in [0.1, 0.15) is 0 Å². The Balaban J connectivity index is 2.39. The minimum Gasteiger partial charge on any atom is -0.465 e. The van der Waals surface area contributed by atoms with Crippen molar-refractivity contribution in [2.75, 3.05) is 0 Å². The molecule has 0 spiro atoms. The van der Waals surface area contributed by atoms with Crippen LogP contribution in [0.1, 0.15) is 19.3 Å². The number of rotatable bonds is 3. The Hall–Kier alpha value is -0.910.